The second-order valence-electron chi connectivity index (χ2n) is 5.71. The lowest BCUT2D eigenvalue weighted by atomic mass is 9.91. The first-order valence-electron chi connectivity index (χ1n) is 7.12. The van der Waals surface area contributed by atoms with Gasteiger partial charge in [-0.2, -0.15) is 16.1 Å². The summed E-state index contributed by atoms with van der Waals surface area (Å²) < 4.78 is 26.8. The molecule has 0 aromatic rings. The molecule has 2 fully saturated rings. The summed E-state index contributed by atoms with van der Waals surface area (Å²) in [6.07, 6.45) is 5.91. The maximum atomic E-state index is 12.5. The smallest absolute Gasteiger partial charge is 0.212 e. The lowest BCUT2D eigenvalue weighted by molar-refractivity contribution is 0.327. The molecule has 1 heterocycles. The highest BCUT2D eigenvalue weighted by Crippen LogP contribution is 2.30. The van der Waals surface area contributed by atoms with Crippen molar-refractivity contribution in [3.63, 3.8) is 0 Å². The highest BCUT2D eigenvalue weighted by molar-refractivity contribution is 8.00. The average Bonchev–Trinajstić information content (AvgIpc) is 2.33. The molecular weight excluding hydrogens is 266 g/mol. The number of thioether (sulfide) groups is 1. The van der Waals surface area contributed by atoms with Crippen LogP contribution in [0.1, 0.15) is 46.0 Å². The Hall–Kier alpha value is 0.260. The molecule has 0 bridgehead atoms. The van der Waals surface area contributed by atoms with Gasteiger partial charge in [-0.1, -0.05) is 26.2 Å². The van der Waals surface area contributed by atoms with Gasteiger partial charge in [0.05, 0.1) is 5.75 Å². The number of hydrogen-bond donors (Lipinski definition) is 0. The van der Waals surface area contributed by atoms with Crippen LogP contribution in [0.3, 0.4) is 0 Å². The highest BCUT2D eigenvalue weighted by atomic mass is 32.2. The molecule has 2 aliphatic rings. The number of sulfonamides is 1. The fraction of sp³-hybridized carbons (Fsp3) is 1.00. The summed E-state index contributed by atoms with van der Waals surface area (Å²) in [7, 11) is -3.05. The molecule has 0 amide bonds. The molecule has 5 heteroatoms. The van der Waals surface area contributed by atoms with Gasteiger partial charge in [-0.3, -0.25) is 0 Å². The molecule has 1 saturated heterocycles. The van der Waals surface area contributed by atoms with Crippen molar-refractivity contribution < 1.29 is 8.42 Å². The predicted molar refractivity (Wildman–Crippen MR) is 78.4 cm³/mol. The Morgan fingerprint density at radius 2 is 1.83 bits per heavy atom. The standard InChI is InChI=1S/C13H25NO2S2/c1-11-12(2)17-9-8-14(11)18(15,16)10-13-6-4-3-5-7-13/h11-13H,3-10H2,1-2H3. The van der Waals surface area contributed by atoms with Crippen molar-refractivity contribution in [3.8, 4) is 0 Å². The van der Waals surface area contributed by atoms with Crippen molar-refractivity contribution in [1.82, 2.24) is 4.31 Å². The molecular formula is C13H25NO2S2. The van der Waals surface area contributed by atoms with Crippen LogP contribution in [-0.2, 0) is 10.0 Å². The van der Waals surface area contributed by atoms with E-state index in [0.29, 0.717) is 23.5 Å². The molecule has 0 aromatic carbocycles. The second kappa shape index (κ2) is 6.14. The SMILES string of the molecule is CC1SCCN(S(=O)(=O)CC2CCCCC2)C1C. The molecule has 1 aliphatic heterocycles. The lowest BCUT2D eigenvalue weighted by Gasteiger charge is -2.37. The fourth-order valence-electron chi connectivity index (χ4n) is 3.05. The molecule has 0 radical (unpaired) electrons. The summed E-state index contributed by atoms with van der Waals surface area (Å²) in [5.41, 5.74) is 0. The van der Waals surface area contributed by atoms with E-state index in [4.69, 9.17) is 0 Å². The zero-order valence-electron chi connectivity index (χ0n) is 11.5. The van der Waals surface area contributed by atoms with Crippen molar-refractivity contribution in [3.05, 3.63) is 0 Å². The normalized spacial score (nSPS) is 32.6. The first-order valence-corrected chi connectivity index (χ1v) is 9.77. The van der Waals surface area contributed by atoms with E-state index in [2.05, 4.69) is 13.8 Å². The average molecular weight is 291 g/mol. The van der Waals surface area contributed by atoms with Gasteiger partial charge in [0.15, 0.2) is 0 Å². The Labute approximate surface area is 116 Å². The van der Waals surface area contributed by atoms with Crippen molar-refractivity contribution in [2.24, 2.45) is 5.92 Å². The van der Waals surface area contributed by atoms with E-state index in [1.807, 2.05) is 11.8 Å². The van der Waals surface area contributed by atoms with Gasteiger partial charge < -0.3 is 0 Å². The third kappa shape index (κ3) is 3.42. The van der Waals surface area contributed by atoms with Gasteiger partial charge in [0.2, 0.25) is 10.0 Å². The van der Waals surface area contributed by atoms with Crippen molar-refractivity contribution >= 4 is 21.8 Å². The molecule has 0 spiro atoms. The van der Waals surface area contributed by atoms with Crippen molar-refractivity contribution in [1.29, 1.82) is 0 Å². The summed E-state index contributed by atoms with van der Waals surface area (Å²) in [6.45, 7) is 4.89. The van der Waals surface area contributed by atoms with Crippen LogP contribution in [0.15, 0.2) is 0 Å². The van der Waals surface area contributed by atoms with E-state index in [-0.39, 0.29) is 6.04 Å². The van der Waals surface area contributed by atoms with E-state index in [1.165, 1.54) is 19.3 Å². The molecule has 2 rings (SSSR count). The van der Waals surface area contributed by atoms with Crippen LogP contribution in [0.4, 0.5) is 0 Å². The number of nitrogens with zero attached hydrogens (tertiary/aromatic N) is 1. The van der Waals surface area contributed by atoms with Gasteiger partial charge in [0.1, 0.15) is 0 Å². The third-order valence-corrected chi connectivity index (χ3v) is 7.81. The molecule has 1 saturated carbocycles. The third-order valence-electron chi connectivity index (χ3n) is 4.35. The molecule has 18 heavy (non-hydrogen) atoms. The van der Waals surface area contributed by atoms with E-state index < -0.39 is 10.0 Å². The topological polar surface area (TPSA) is 37.4 Å². The maximum Gasteiger partial charge on any atom is 0.214 e. The van der Waals surface area contributed by atoms with Gasteiger partial charge in [0, 0.05) is 23.6 Å². The maximum absolute atomic E-state index is 12.5. The molecule has 0 aromatic heterocycles. The van der Waals surface area contributed by atoms with Crippen LogP contribution in [-0.4, -0.2) is 42.1 Å². The summed E-state index contributed by atoms with van der Waals surface area (Å²) in [4.78, 5) is 0. The second-order valence-corrected chi connectivity index (χ2v) is 9.16. The minimum Gasteiger partial charge on any atom is -0.212 e. The Morgan fingerprint density at radius 1 is 1.17 bits per heavy atom. The van der Waals surface area contributed by atoms with Gasteiger partial charge in [-0.25, -0.2) is 8.42 Å². The zero-order valence-corrected chi connectivity index (χ0v) is 13.1. The predicted octanol–water partition coefficient (Wildman–Crippen LogP) is 2.72. The van der Waals surface area contributed by atoms with Crippen LogP contribution < -0.4 is 0 Å². The summed E-state index contributed by atoms with van der Waals surface area (Å²) in [6, 6.07) is 0.150. The Morgan fingerprint density at radius 3 is 2.50 bits per heavy atom. The van der Waals surface area contributed by atoms with E-state index >= 15 is 0 Å². The molecule has 2 unspecified atom stereocenters. The summed E-state index contributed by atoms with van der Waals surface area (Å²) in [5, 5.41) is 0.417. The summed E-state index contributed by atoms with van der Waals surface area (Å²) in [5.74, 6) is 1.73. The van der Waals surface area contributed by atoms with E-state index in [9.17, 15) is 8.42 Å². The monoisotopic (exact) mass is 291 g/mol. The molecule has 0 N–H and O–H groups in total. The highest BCUT2D eigenvalue weighted by Gasteiger charge is 2.35. The Balaban J connectivity index is 2.00. The van der Waals surface area contributed by atoms with Crippen LogP contribution in [0.5, 0.6) is 0 Å². The largest absolute Gasteiger partial charge is 0.214 e. The quantitative estimate of drug-likeness (QED) is 0.802. The molecule has 3 nitrogen and oxygen atoms in total. The van der Waals surface area contributed by atoms with Crippen LogP contribution in [0.2, 0.25) is 0 Å². The first-order chi connectivity index (χ1) is 8.50. The lowest BCUT2D eigenvalue weighted by Crippen LogP contribution is -2.49. The minimum absolute atomic E-state index is 0.150. The van der Waals surface area contributed by atoms with Crippen molar-refractivity contribution in [2.45, 2.75) is 57.2 Å². The van der Waals surface area contributed by atoms with Crippen LogP contribution in [0.25, 0.3) is 0 Å². The van der Waals surface area contributed by atoms with Gasteiger partial charge in [0.25, 0.3) is 0 Å². The van der Waals surface area contributed by atoms with Gasteiger partial charge >= 0.3 is 0 Å². The molecule has 1 aliphatic carbocycles. The van der Waals surface area contributed by atoms with E-state index in [1.54, 1.807) is 4.31 Å². The zero-order chi connectivity index (χ0) is 13.2. The fourth-order valence-corrected chi connectivity index (χ4v) is 6.52. The first kappa shape index (κ1) is 14.7. The Kier molecular flexibility index (Phi) is 5.00. The minimum atomic E-state index is -3.05. The van der Waals surface area contributed by atoms with Crippen LogP contribution >= 0.6 is 11.8 Å². The molecule has 106 valence electrons. The van der Waals surface area contributed by atoms with Gasteiger partial charge in [-0.05, 0) is 25.7 Å². The van der Waals surface area contributed by atoms with Crippen LogP contribution in [0, 0.1) is 5.92 Å². The van der Waals surface area contributed by atoms with Gasteiger partial charge in [-0.15, -0.1) is 0 Å². The van der Waals surface area contributed by atoms with E-state index in [0.717, 1.165) is 18.6 Å². The molecule has 2 atom stereocenters. The van der Waals surface area contributed by atoms with Crippen molar-refractivity contribution in [2.75, 3.05) is 18.1 Å². The number of rotatable bonds is 3. The summed E-state index contributed by atoms with van der Waals surface area (Å²) >= 11 is 1.89. The Bertz CT molecular complexity index is 363. The number of hydrogen-bond acceptors (Lipinski definition) is 3.